The number of hydrogen-bond acceptors (Lipinski definition) is 3. The fourth-order valence-corrected chi connectivity index (χ4v) is 3.74. The molecular weight excluding hydrogens is 260 g/mol. The van der Waals surface area contributed by atoms with Gasteiger partial charge in [0.25, 0.3) is 0 Å². The Labute approximate surface area is 125 Å². The van der Waals surface area contributed by atoms with Crippen molar-refractivity contribution in [2.45, 2.75) is 12.0 Å². The first-order valence-corrected chi connectivity index (χ1v) is 7.65. The van der Waals surface area contributed by atoms with E-state index in [1.165, 1.54) is 16.7 Å². The number of rotatable bonds is 1. The molecule has 3 nitrogen and oxygen atoms in total. The smallest absolute Gasteiger partial charge is 0.115 e. The van der Waals surface area contributed by atoms with Gasteiger partial charge in [-0.25, -0.2) is 0 Å². The van der Waals surface area contributed by atoms with Crippen molar-refractivity contribution >= 4 is 0 Å². The van der Waals surface area contributed by atoms with Crippen molar-refractivity contribution in [3.05, 3.63) is 65.2 Å². The molecule has 0 amide bonds. The van der Waals surface area contributed by atoms with Gasteiger partial charge in [-0.15, -0.1) is 0 Å². The molecule has 2 aliphatic heterocycles. The summed E-state index contributed by atoms with van der Waals surface area (Å²) in [5.74, 6) is 0.768. The molecule has 2 heterocycles. The van der Waals surface area contributed by atoms with E-state index in [2.05, 4.69) is 46.6 Å². The van der Waals surface area contributed by atoms with Gasteiger partial charge >= 0.3 is 0 Å². The third-order valence-electron chi connectivity index (χ3n) is 4.78. The quantitative estimate of drug-likeness (QED) is 0.842. The Morgan fingerprint density at radius 3 is 2.76 bits per heavy atom. The summed E-state index contributed by atoms with van der Waals surface area (Å²) in [4.78, 5) is 2.55. The Balaban J connectivity index is 1.83. The van der Waals surface area contributed by atoms with Crippen LogP contribution < -0.4 is 5.32 Å². The van der Waals surface area contributed by atoms with Gasteiger partial charge in [-0.2, -0.15) is 0 Å². The summed E-state index contributed by atoms with van der Waals surface area (Å²) in [6.07, 6.45) is 0. The number of nitrogens with zero attached hydrogens (tertiary/aromatic N) is 1. The minimum absolute atomic E-state index is 0.369. The zero-order valence-corrected chi connectivity index (χ0v) is 12.0. The maximum Gasteiger partial charge on any atom is 0.115 e. The van der Waals surface area contributed by atoms with Gasteiger partial charge in [0.2, 0.25) is 0 Å². The van der Waals surface area contributed by atoms with Crippen LogP contribution in [0.5, 0.6) is 5.75 Å². The van der Waals surface area contributed by atoms with Crippen LogP contribution in [0.4, 0.5) is 0 Å². The summed E-state index contributed by atoms with van der Waals surface area (Å²) >= 11 is 0. The molecule has 2 aliphatic rings. The van der Waals surface area contributed by atoms with E-state index in [4.69, 9.17) is 0 Å². The highest BCUT2D eigenvalue weighted by Crippen LogP contribution is 2.41. The average molecular weight is 280 g/mol. The lowest BCUT2D eigenvalue weighted by Crippen LogP contribution is -2.50. The van der Waals surface area contributed by atoms with Crippen molar-refractivity contribution in [3.63, 3.8) is 0 Å². The number of phenolic OH excluding ortho intramolecular Hbond substituents is 1. The molecule has 0 unspecified atom stereocenters. The molecule has 108 valence electrons. The van der Waals surface area contributed by atoms with Crippen LogP contribution in [0, 0.1) is 0 Å². The Morgan fingerprint density at radius 2 is 1.90 bits per heavy atom. The molecule has 0 radical (unpaired) electrons. The van der Waals surface area contributed by atoms with Crippen LogP contribution in [0.15, 0.2) is 48.5 Å². The second-order valence-corrected chi connectivity index (χ2v) is 5.99. The van der Waals surface area contributed by atoms with Crippen LogP contribution >= 0.6 is 0 Å². The minimum atomic E-state index is 0.369. The summed E-state index contributed by atoms with van der Waals surface area (Å²) in [6, 6.07) is 17.0. The van der Waals surface area contributed by atoms with Crippen LogP contribution in [0.1, 0.15) is 28.7 Å². The number of fused-ring (bicyclic) bond motifs is 3. The monoisotopic (exact) mass is 280 g/mol. The molecule has 1 saturated heterocycles. The highest BCUT2D eigenvalue weighted by Gasteiger charge is 2.35. The molecule has 0 aliphatic carbocycles. The molecule has 3 heteroatoms. The predicted octanol–water partition coefficient (Wildman–Crippen LogP) is 2.48. The van der Waals surface area contributed by atoms with Crippen molar-refractivity contribution in [1.82, 2.24) is 10.2 Å². The van der Waals surface area contributed by atoms with E-state index in [-0.39, 0.29) is 0 Å². The Morgan fingerprint density at radius 1 is 1.05 bits per heavy atom. The van der Waals surface area contributed by atoms with Crippen LogP contribution in [-0.2, 0) is 0 Å². The normalized spacial score (nSPS) is 25.1. The molecule has 1 fully saturated rings. The minimum Gasteiger partial charge on any atom is -0.508 e. The maximum absolute atomic E-state index is 9.90. The number of aromatic hydroxyl groups is 1. The number of hydrogen-bond donors (Lipinski definition) is 2. The number of benzene rings is 2. The molecular formula is C18H20N2O. The van der Waals surface area contributed by atoms with Gasteiger partial charge in [0, 0.05) is 38.1 Å². The van der Waals surface area contributed by atoms with E-state index in [1.54, 1.807) is 0 Å². The molecule has 2 N–H and O–H groups in total. The molecule has 2 aromatic carbocycles. The van der Waals surface area contributed by atoms with Crippen LogP contribution in [-0.4, -0.2) is 36.2 Å². The molecule has 0 saturated carbocycles. The SMILES string of the molecule is Oc1ccc2c(c1)[C@@H]1CNCCN1C[C@@H]2c1ccccc1. The topological polar surface area (TPSA) is 35.5 Å². The van der Waals surface area contributed by atoms with E-state index in [0.717, 1.165) is 26.2 Å². The van der Waals surface area contributed by atoms with Gasteiger partial charge < -0.3 is 10.4 Å². The maximum atomic E-state index is 9.90. The third-order valence-corrected chi connectivity index (χ3v) is 4.78. The lowest BCUT2D eigenvalue weighted by molar-refractivity contribution is 0.143. The molecule has 2 aromatic rings. The summed E-state index contributed by atoms with van der Waals surface area (Å²) in [6.45, 7) is 4.15. The van der Waals surface area contributed by atoms with Crippen molar-refractivity contribution in [2.75, 3.05) is 26.2 Å². The molecule has 4 rings (SSSR count). The third kappa shape index (κ3) is 2.23. The first-order chi connectivity index (χ1) is 10.3. The van der Waals surface area contributed by atoms with Gasteiger partial charge in [-0.1, -0.05) is 36.4 Å². The Hall–Kier alpha value is -1.84. The van der Waals surface area contributed by atoms with Gasteiger partial charge in [0.15, 0.2) is 0 Å². The zero-order chi connectivity index (χ0) is 14.2. The van der Waals surface area contributed by atoms with Crippen molar-refractivity contribution < 1.29 is 5.11 Å². The highest BCUT2D eigenvalue weighted by atomic mass is 16.3. The standard InChI is InChI=1S/C18H20N2O/c21-14-6-7-15-16(10-14)18-11-19-8-9-20(18)12-17(15)13-4-2-1-3-5-13/h1-7,10,17-19,21H,8-9,11-12H2/t17-,18+/m1/s1. The summed E-state index contributed by atoms with van der Waals surface area (Å²) in [5.41, 5.74) is 4.01. The van der Waals surface area contributed by atoms with Crippen LogP contribution in [0.25, 0.3) is 0 Å². The zero-order valence-electron chi connectivity index (χ0n) is 12.0. The van der Waals surface area contributed by atoms with Crippen molar-refractivity contribution in [3.8, 4) is 5.75 Å². The largest absolute Gasteiger partial charge is 0.508 e. The van der Waals surface area contributed by atoms with Crippen molar-refractivity contribution in [1.29, 1.82) is 0 Å². The first-order valence-electron chi connectivity index (χ1n) is 7.65. The van der Waals surface area contributed by atoms with Crippen LogP contribution in [0.2, 0.25) is 0 Å². The second-order valence-electron chi connectivity index (χ2n) is 5.99. The van der Waals surface area contributed by atoms with E-state index < -0.39 is 0 Å². The lowest BCUT2D eigenvalue weighted by Gasteiger charge is -2.44. The Kier molecular flexibility index (Phi) is 3.17. The summed E-state index contributed by atoms with van der Waals surface area (Å²) < 4.78 is 0. The fourth-order valence-electron chi connectivity index (χ4n) is 3.74. The van der Waals surface area contributed by atoms with Gasteiger partial charge in [-0.05, 0) is 28.8 Å². The fraction of sp³-hybridized carbons (Fsp3) is 0.333. The molecule has 2 atom stereocenters. The molecule has 0 aromatic heterocycles. The predicted molar refractivity (Wildman–Crippen MR) is 83.6 cm³/mol. The average Bonchev–Trinajstić information content (AvgIpc) is 2.55. The highest BCUT2D eigenvalue weighted by molar-refractivity contribution is 5.46. The number of phenols is 1. The van der Waals surface area contributed by atoms with Gasteiger partial charge in [-0.3, -0.25) is 4.90 Å². The van der Waals surface area contributed by atoms with Crippen LogP contribution in [0.3, 0.4) is 0 Å². The number of piperazine rings is 1. The summed E-state index contributed by atoms with van der Waals surface area (Å²) in [5, 5.41) is 13.4. The van der Waals surface area contributed by atoms with Gasteiger partial charge in [0.1, 0.15) is 5.75 Å². The summed E-state index contributed by atoms with van der Waals surface area (Å²) in [7, 11) is 0. The second kappa shape index (κ2) is 5.17. The van der Waals surface area contributed by atoms with E-state index >= 15 is 0 Å². The molecule has 0 spiro atoms. The lowest BCUT2D eigenvalue weighted by atomic mass is 9.80. The van der Waals surface area contributed by atoms with E-state index in [0.29, 0.717) is 17.7 Å². The first kappa shape index (κ1) is 12.9. The Bertz CT molecular complexity index is 641. The molecule has 0 bridgehead atoms. The van der Waals surface area contributed by atoms with Gasteiger partial charge in [0.05, 0.1) is 0 Å². The van der Waals surface area contributed by atoms with Crippen molar-refractivity contribution in [2.24, 2.45) is 0 Å². The molecule has 21 heavy (non-hydrogen) atoms. The number of nitrogens with one attached hydrogen (secondary N) is 1. The van der Waals surface area contributed by atoms with E-state index in [1.807, 2.05) is 12.1 Å². The van der Waals surface area contributed by atoms with E-state index in [9.17, 15) is 5.11 Å².